The van der Waals surface area contributed by atoms with Crippen LogP contribution >= 0.6 is 22.7 Å². The lowest BCUT2D eigenvalue weighted by atomic mass is 10.2. The number of carbonyl (C=O) groups excluding carboxylic acids is 1. The quantitative estimate of drug-likeness (QED) is 0.762. The molecule has 1 N–H and O–H groups in total. The largest absolute Gasteiger partial charge is 0.343 e. The first-order valence-corrected chi connectivity index (χ1v) is 9.11. The highest BCUT2D eigenvalue weighted by atomic mass is 32.1. The smallest absolute Gasteiger partial charge is 0.259 e. The van der Waals surface area contributed by atoms with Crippen LogP contribution in [-0.2, 0) is 13.0 Å². The van der Waals surface area contributed by atoms with Gasteiger partial charge in [0.1, 0.15) is 5.01 Å². The van der Waals surface area contributed by atoms with E-state index in [1.165, 1.54) is 16.2 Å². The first-order chi connectivity index (χ1) is 11.1. The van der Waals surface area contributed by atoms with Gasteiger partial charge in [0.05, 0.1) is 12.1 Å². The maximum absolute atomic E-state index is 12.5. The summed E-state index contributed by atoms with van der Waals surface area (Å²) in [6.07, 6.45) is 0.822. The van der Waals surface area contributed by atoms with E-state index in [9.17, 15) is 4.79 Å². The summed E-state index contributed by atoms with van der Waals surface area (Å²) in [5, 5.41) is 14.4. The van der Waals surface area contributed by atoms with Gasteiger partial charge in [-0.3, -0.25) is 10.1 Å². The Morgan fingerprint density at radius 2 is 2.17 bits per heavy atom. The van der Waals surface area contributed by atoms with Gasteiger partial charge in [0, 0.05) is 16.3 Å². The van der Waals surface area contributed by atoms with Crippen molar-refractivity contribution in [1.29, 1.82) is 0 Å². The Kier molecular flexibility index (Phi) is 4.58. The van der Waals surface area contributed by atoms with Gasteiger partial charge in [-0.25, -0.2) is 0 Å². The number of aryl methyl sites for hydroxylation is 2. The zero-order valence-corrected chi connectivity index (χ0v) is 14.9. The van der Waals surface area contributed by atoms with E-state index in [1.807, 2.05) is 32.9 Å². The summed E-state index contributed by atoms with van der Waals surface area (Å²) < 4.78 is 2.16. The third-order valence-corrected chi connectivity index (χ3v) is 5.55. The molecule has 0 radical (unpaired) electrons. The summed E-state index contributed by atoms with van der Waals surface area (Å²) in [5.41, 5.74) is 2.73. The molecule has 0 saturated heterocycles. The number of rotatable bonds is 5. The van der Waals surface area contributed by atoms with Crippen molar-refractivity contribution < 1.29 is 4.79 Å². The molecule has 3 aromatic rings. The van der Waals surface area contributed by atoms with Crippen molar-refractivity contribution in [2.24, 2.45) is 0 Å². The fourth-order valence-corrected chi connectivity index (χ4v) is 3.81. The van der Waals surface area contributed by atoms with E-state index < -0.39 is 0 Å². The Morgan fingerprint density at radius 1 is 1.35 bits per heavy atom. The minimum absolute atomic E-state index is 0.130. The van der Waals surface area contributed by atoms with Gasteiger partial charge in [-0.1, -0.05) is 24.3 Å². The Balaban J connectivity index is 1.80. The molecule has 3 heterocycles. The Hall–Kier alpha value is -1.99. The summed E-state index contributed by atoms with van der Waals surface area (Å²) in [6, 6.07) is 6.08. The minimum atomic E-state index is -0.130. The minimum Gasteiger partial charge on any atom is -0.343 e. The van der Waals surface area contributed by atoms with Crippen molar-refractivity contribution in [3.05, 3.63) is 50.4 Å². The fraction of sp³-hybridized carbons (Fsp3) is 0.312. The van der Waals surface area contributed by atoms with Gasteiger partial charge in [-0.05, 0) is 37.8 Å². The SMILES string of the molecule is CCc1nnc(NC(=O)c2cc(C)n(Cc3cccs3)c2C)s1. The summed E-state index contributed by atoms with van der Waals surface area (Å²) in [6.45, 7) is 6.82. The van der Waals surface area contributed by atoms with Gasteiger partial charge in [0.15, 0.2) is 0 Å². The maximum atomic E-state index is 12.5. The lowest BCUT2D eigenvalue weighted by molar-refractivity contribution is 0.102. The molecule has 0 unspecified atom stereocenters. The molecule has 1 amide bonds. The van der Waals surface area contributed by atoms with Gasteiger partial charge in [0.2, 0.25) is 5.13 Å². The molecule has 0 bridgehead atoms. The molecule has 0 saturated carbocycles. The highest BCUT2D eigenvalue weighted by Crippen LogP contribution is 2.21. The van der Waals surface area contributed by atoms with Gasteiger partial charge in [0.25, 0.3) is 5.91 Å². The lowest BCUT2D eigenvalue weighted by Crippen LogP contribution is -2.13. The van der Waals surface area contributed by atoms with Crippen LogP contribution in [0.25, 0.3) is 0 Å². The Morgan fingerprint density at radius 3 is 2.83 bits per heavy atom. The molecule has 3 aromatic heterocycles. The van der Waals surface area contributed by atoms with Gasteiger partial charge in [-0.15, -0.1) is 21.5 Å². The van der Waals surface area contributed by atoms with E-state index in [2.05, 4.69) is 31.5 Å². The van der Waals surface area contributed by atoms with Crippen LogP contribution in [0.2, 0.25) is 0 Å². The molecule has 0 spiro atoms. The average molecular weight is 346 g/mol. The number of amides is 1. The van der Waals surface area contributed by atoms with Crippen molar-refractivity contribution in [1.82, 2.24) is 14.8 Å². The van der Waals surface area contributed by atoms with E-state index in [-0.39, 0.29) is 5.91 Å². The second-order valence-corrected chi connectivity index (χ2v) is 7.35. The third kappa shape index (κ3) is 3.35. The second-order valence-electron chi connectivity index (χ2n) is 5.26. The highest BCUT2D eigenvalue weighted by Gasteiger charge is 2.17. The fourth-order valence-electron chi connectivity index (χ4n) is 2.44. The van der Waals surface area contributed by atoms with E-state index in [0.717, 1.165) is 29.4 Å². The van der Waals surface area contributed by atoms with Crippen LogP contribution in [0.5, 0.6) is 0 Å². The average Bonchev–Trinajstić information content (AvgIpc) is 3.25. The number of thiophene rings is 1. The summed E-state index contributed by atoms with van der Waals surface area (Å²) in [4.78, 5) is 13.8. The molecule has 23 heavy (non-hydrogen) atoms. The number of hydrogen-bond donors (Lipinski definition) is 1. The summed E-state index contributed by atoms with van der Waals surface area (Å²) in [7, 11) is 0. The van der Waals surface area contributed by atoms with Crippen molar-refractivity contribution in [3.8, 4) is 0 Å². The molecule has 7 heteroatoms. The van der Waals surface area contributed by atoms with Crippen LogP contribution in [0.1, 0.15) is 38.6 Å². The molecule has 3 rings (SSSR count). The van der Waals surface area contributed by atoms with Crippen LogP contribution in [0.3, 0.4) is 0 Å². The number of aromatic nitrogens is 3. The number of nitrogens with one attached hydrogen (secondary N) is 1. The van der Waals surface area contributed by atoms with Crippen molar-refractivity contribution in [2.75, 3.05) is 5.32 Å². The number of hydrogen-bond acceptors (Lipinski definition) is 5. The molecular formula is C16H18N4OS2. The normalized spacial score (nSPS) is 10.9. The Bertz CT molecular complexity index is 817. The highest BCUT2D eigenvalue weighted by molar-refractivity contribution is 7.15. The molecule has 0 atom stereocenters. The maximum Gasteiger partial charge on any atom is 0.259 e. The van der Waals surface area contributed by atoms with Crippen molar-refractivity contribution >= 4 is 33.7 Å². The predicted octanol–water partition coefficient (Wildman–Crippen LogP) is 3.88. The molecule has 0 fully saturated rings. The standard InChI is InChI=1S/C16H18N4OS2/c1-4-14-18-19-16(23-14)17-15(21)13-8-10(2)20(11(13)3)9-12-6-5-7-22-12/h5-8H,4,9H2,1-3H3,(H,17,19,21). The van der Waals surface area contributed by atoms with Crippen LogP contribution in [-0.4, -0.2) is 20.7 Å². The zero-order valence-electron chi connectivity index (χ0n) is 13.3. The van der Waals surface area contributed by atoms with E-state index >= 15 is 0 Å². The van der Waals surface area contributed by atoms with Gasteiger partial charge in [-0.2, -0.15) is 0 Å². The molecular weight excluding hydrogens is 328 g/mol. The molecule has 0 aliphatic rings. The second kappa shape index (κ2) is 6.64. The summed E-state index contributed by atoms with van der Waals surface area (Å²) in [5.74, 6) is -0.130. The monoisotopic (exact) mass is 346 g/mol. The van der Waals surface area contributed by atoms with Crippen LogP contribution in [0.4, 0.5) is 5.13 Å². The molecule has 0 aliphatic heterocycles. The summed E-state index contributed by atoms with van der Waals surface area (Å²) >= 11 is 3.14. The number of carbonyl (C=O) groups is 1. The number of anilines is 1. The van der Waals surface area contributed by atoms with E-state index in [0.29, 0.717) is 10.7 Å². The lowest BCUT2D eigenvalue weighted by Gasteiger charge is -2.08. The zero-order chi connectivity index (χ0) is 16.4. The van der Waals surface area contributed by atoms with Gasteiger partial charge >= 0.3 is 0 Å². The molecule has 0 aliphatic carbocycles. The Labute approximate surface area is 143 Å². The van der Waals surface area contributed by atoms with Crippen LogP contribution in [0.15, 0.2) is 23.6 Å². The van der Waals surface area contributed by atoms with Crippen LogP contribution < -0.4 is 5.32 Å². The number of nitrogens with zero attached hydrogens (tertiary/aromatic N) is 3. The molecule has 120 valence electrons. The van der Waals surface area contributed by atoms with E-state index in [4.69, 9.17) is 0 Å². The van der Waals surface area contributed by atoms with Gasteiger partial charge < -0.3 is 4.57 Å². The first kappa shape index (κ1) is 15.9. The van der Waals surface area contributed by atoms with E-state index in [1.54, 1.807) is 11.3 Å². The molecule has 0 aromatic carbocycles. The first-order valence-electron chi connectivity index (χ1n) is 7.41. The third-order valence-electron chi connectivity index (χ3n) is 3.70. The topological polar surface area (TPSA) is 59.8 Å². The van der Waals surface area contributed by atoms with Crippen molar-refractivity contribution in [3.63, 3.8) is 0 Å². The van der Waals surface area contributed by atoms with Crippen molar-refractivity contribution in [2.45, 2.75) is 33.7 Å². The molecule has 5 nitrogen and oxygen atoms in total. The van der Waals surface area contributed by atoms with Crippen LogP contribution in [0, 0.1) is 13.8 Å². The predicted molar refractivity (Wildman–Crippen MR) is 94.6 cm³/mol.